The number of hydrogen-bond donors (Lipinski definition) is 1. The Balaban J connectivity index is 0.00000182. The third-order valence-electron chi connectivity index (χ3n) is 5.55. The summed E-state index contributed by atoms with van der Waals surface area (Å²) in [5.41, 5.74) is 2.48. The second kappa shape index (κ2) is 11.7. The predicted octanol–water partition coefficient (Wildman–Crippen LogP) is 3.10. The van der Waals surface area contributed by atoms with Gasteiger partial charge in [-0.1, -0.05) is 12.1 Å². The van der Waals surface area contributed by atoms with E-state index in [9.17, 15) is 4.79 Å². The summed E-state index contributed by atoms with van der Waals surface area (Å²) in [6.07, 6.45) is 3.55. The lowest BCUT2D eigenvalue weighted by Gasteiger charge is -2.33. The third-order valence-corrected chi connectivity index (χ3v) is 5.55. The number of benzene rings is 1. The van der Waals surface area contributed by atoms with Gasteiger partial charge in [-0.25, -0.2) is 0 Å². The highest BCUT2D eigenvalue weighted by Gasteiger charge is 2.26. The number of rotatable bonds is 6. The summed E-state index contributed by atoms with van der Waals surface area (Å²) in [5, 5.41) is 3.29. The number of anilines is 1. The van der Waals surface area contributed by atoms with Crippen molar-refractivity contribution in [3.05, 3.63) is 29.8 Å². The number of piperidine rings is 1. The molecule has 0 radical (unpaired) electrons. The molecule has 0 saturated carbocycles. The average Bonchev–Trinajstić information content (AvgIpc) is 3.21. The van der Waals surface area contributed by atoms with E-state index >= 15 is 0 Å². The van der Waals surface area contributed by atoms with Crippen LogP contribution in [0.3, 0.4) is 0 Å². The van der Waals surface area contributed by atoms with Crippen molar-refractivity contribution in [3.63, 3.8) is 0 Å². The van der Waals surface area contributed by atoms with Gasteiger partial charge in [0.05, 0.1) is 12.0 Å². The zero-order valence-corrected chi connectivity index (χ0v) is 18.0. The van der Waals surface area contributed by atoms with Crippen LogP contribution in [0.1, 0.15) is 31.7 Å². The predicted molar refractivity (Wildman–Crippen MR) is 115 cm³/mol. The molecule has 1 N–H and O–H groups in total. The number of methoxy groups -OCH3 is 1. The number of carbonyl (C=O) groups excluding carboxylic acids is 1. The van der Waals surface area contributed by atoms with Crippen LogP contribution in [0.25, 0.3) is 0 Å². The summed E-state index contributed by atoms with van der Waals surface area (Å²) in [6, 6.07) is 8.72. The lowest BCUT2D eigenvalue weighted by atomic mass is 10.1. The summed E-state index contributed by atoms with van der Waals surface area (Å²) in [4.78, 5) is 17.0. The second-order valence-electron chi connectivity index (χ2n) is 7.13. The fraction of sp³-hybridized carbons (Fsp3) is 0.650. The summed E-state index contributed by atoms with van der Waals surface area (Å²) in [7, 11) is 1.80. The summed E-state index contributed by atoms with van der Waals surface area (Å²) in [6.45, 7) is 7.42. The molecule has 0 aromatic heterocycles. The third kappa shape index (κ3) is 6.24. The molecule has 0 aliphatic carbocycles. The van der Waals surface area contributed by atoms with Gasteiger partial charge < -0.3 is 19.9 Å². The van der Waals surface area contributed by atoms with Gasteiger partial charge in [-0.3, -0.25) is 4.79 Å². The molecule has 5 nitrogen and oxygen atoms in total. The second-order valence-corrected chi connectivity index (χ2v) is 7.13. The molecule has 3 rings (SSSR count). The molecule has 2 aliphatic heterocycles. The van der Waals surface area contributed by atoms with Gasteiger partial charge in [0.25, 0.3) is 0 Å². The fourth-order valence-electron chi connectivity index (χ4n) is 3.85. The van der Waals surface area contributed by atoms with Crippen molar-refractivity contribution in [2.24, 2.45) is 5.92 Å². The van der Waals surface area contributed by atoms with Gasteiger partial charge in [-0.15, -0.1) is 24.8 Å². The van der Waals surface area contributed by atoms with Gasteiger partial charge in [0.1, 0.15) is 0 Å². The Bertz CT molecular complexity index is 557. The van der Waals surface area contributed by atoms with E-state index in [1.165, 1.54) is 11.3 Å². The van der Waals surface area contributed by atoms with Crippen molar-refractivity contribution in [2.45, 2.75) is 38.8 Å². The minimum absolute atomic E-state index is 0. The van der Waals surface area contributed by atoms with E-state index < -0.39 is 0 Å². The Hall–Kier alpha value is -1.01. The van der Waals surface area contributed by atoms with Gasteiger partial charge in [-0.05, 0) is 50.4 Å². The normalized spacial score (nSPS) is 19.9. The van der Waals surface area contributed by atoms with Crippen molar-refractivity contribution in [1.82, 2.24) is 10.2 Å². The molecule has 1 amide bonds. The number of nitrogens with zero attached hydrogens (tertiary/aromatic N) is 2. The molecule has 1 unspecified atom stereocenters. The number of nitrogens with one attached hydrogen (secondary N) is 1. The maximum Gasteiger partial charge on any atom is 0.227 e. The quantitative estimate of drug-likeness (QED) is 0.771. The molecular weight excluding hydrogens is 385 g/mol. The highest BCUT2D eigenvalue weighted by molar-refractivity contribution is 5.85. The van der Waals surface area contributed by atoms with Crippen LogP contribution in [0.15, 0.2) is 24.3 Å². The molecule has 0 spiro atoms. The Morgan fingerprint density at radius 1 is 1.19 bits per heavy atom. The van der Waals surface area contributed by atoms with Crippen LogP contribution in [0, 0.1) is 5.92 Å². The first-order valence-corrected chi connectivity index (χ1v) is 9.57. The van der Waals surface area contributed by atoms with Crippen molar-refractivity contribution in [2.75, 3.05) is 44.7 Å². The lowest BCUT2D eigenvalue weighted by molar-refractivity contribution is -0.135. The minimum atomic E-state index is 0. The van der Waals surface area contributed by atoms with Crippen molar-refractivity contribution < 1.29 is 9.53 Å². The zero-order chi connectivity index (χ0) is 17.6. The first kappa shape index (κ1) is 24.0. The van der Waals surface area contributed by atoms with Crippen LogP contribution >= 0.6 is 24.8 Å². The Kier molecular flexibility index (Phi) is 10.5. The minimum Gasteiger partial charge on any atom is -0.381 e. The standard InChI is InChI=1S/C20H31N3O2.2ClH/c1-3-22(20(24)17-8-11-21-14-17)15-16-4-6-18(7-5-16)23-12-9-19(25-2)10-13-23;;/h4-7,17,19,21H,3,8-15H2,1-2H3;2*1H. The molecule has 27 heavy (non-hydrogen) atoms. The largest absolute Gasteiger partial charge is 0.381 e. The van der Waals surface area contributed by atoms with Crippen molar-refractivity contribution in [3.8, 4) is 0 Å². The summed E-state index contributed by atoms with van der Waals surface area (Å²) < 4.78 is 5.45. The van der Waals surface area contributed by atoms with E-state index in [0.29, 0.717) is 18.6 Å². The van der Waals surface area contributed by atoms with Gasteiger partial charge in [-0.2, -0.15) is 0 Å². The number of carbonyl (C=O) groups is 1. The molecule has 1 aromatic rings. The Morgan fingerprint density at radius 3 is 2.37 bits per heavy atom. The fourth-order valence-corrected chi connectivity index (χ4v) is 3.85. The topological polar surface area (TPSA) is 44.8 Å². The average molecular weight is 418 g/mol. The van der Waals surface area contributed by atoms with Crippen molar-refractivity contribution >= 4 is 36.4 Å². The monoisotopic (exact) mass is 417 g/mol. The van der Waals surface area contributed by atoms with E-state index in [1.807, 2.05) is 4.90 Å². The summed E-state index contributed by atoms with van der Waals surface area (Å²) in [5.74, 6) is 0.444. The molecule has 0 bridgehead atoms. The molecule has 7 heteroatoms. The molecule has 154 valence electrons. The SMILES string of the molecule is CCN(Cc1ccc(N2CCC(OC)CC2)cc1)C(=O)C1CCNC1.Cl.Cl. The van der Waals surface area contributed by atoms with E-state index in [0.717, 1.165) is 52.0 Å². The van der Waals surface area contributed by atoms with Crippen LogP contribution in [0.2, 0.25) is 0 Å². The van der Waals surface area contributed by atoms with Crippen LogP contribution in [0.5, 0.6) is 0 Å². The maximum absolute atomic E-state index is 12.6. The Morgan fingerprint density at radius 2 is 1.85 bits per heavy atom. The number of amides is 1. The highest BCUT2D eigenvalue weighted by Crippen LogP contribution is 2.22. The maximum atomic E-state index is 12.6. The van der Waals surface area contributed by atoms with Crippen molar-refractivity contribution in [1.29, 1.82) is 0 Å². The molecule has 2 fully saturated rings. The molecule has 2 heterocycles. The molecular formula is C20H33Cl2N3O2. The van der Waals surface area contributed by atoms with Crippen LogP contribution in [-0.4, -0.2) is 56.7 Å². The van der Waals surface area contributed by atoms with E-state index in [1.54, 1.807) is 7.11 Å². The van der Waals surface area contributed by atoms with Crippen LogP contribution < -0.4 is 10.2 Å². The van der Waals surface area contributed by atoms with E-state index in [4.69, 9.17) is 4.74 Å². The van der Waals surface area contributed by atoms with E-state index in [2.05, 4.69) is 41.4 Å². The first-order valence-electron chi connectivity index (χ1n) is 9.57. The lowest BCUT2D eigenvalue weighted by Crippen LogP contribution is -2.37. The van der Waals surface area contributed by atoms with Gasteiger partial charge >= 0.3 is 0 Å². The molecule has 2 saturated heterocycles. The molecule has 2 aliphatic rings. The van der Waals surface area contributed by atoms with Crippen LogP contribution in [0.4, 0.5) is 5.69 Å². The Labute approximate surface area is 175 Å². The molecule has 1 aromatic carbocycles. The number of hydrogen-bond acceptors (Lipinski definition) is 4. The zero-order valence-electron chi connectivity index (χ0n) is 16.4. The molecule has 1 atom stereocenters. The number of halogens is 2. The van der Waals surface area contributed by atoms with Gasteiger partial charge in [0.15, 0.2) is 0 Å². The summed E-state index contributed by atoms with van der Waals surface area (Å²) >= 11 is 0. The first-order chi connectivity index (χ1) is 12.2. The number of ether oxygens (including phenoxy) is 1. The van der Waals surface area contributed by atoms with Gasteiger partial charge in [0.2, 0.25) is 5.91 Å². The van der Waals surface area contributed by atoms with E-state index in [-0.39, 0.29) is 30.7 Å². The van der Waals surface area contributed by atoms with Crippen LogP contribution in [-0.2, 0) is 16.1 Å². The van der Waals surface area contributed by atoms with Gasteiger partial charge in [0, 0.05) is 45.5 Å². The smallest absolute Gasteiger partial charge is 0.227 e. The highest BCUT2D eigenvalue weighted by atomic mass is 35.5.